The van der Waals surface area contributed by atoms with Crippen LogP contribution in [0.15, 0.2) is 90.0 Å². The highest BCUT2D eigenvalue weighted by atomic mass is 19.1. The standard InChI is InChI=1S/C25H18FN3O3/c26-17-12-7-13-18(14-17)29-24(31)20-21(27-28-22(20)25(29)32)23(30)19(15-8-3-1-4-9-15)16-10-5-2-6-11-16/h1-14,19-20,22,28H/t20-,22+/m0/s1. The fraction of sp³-hybridized carbons (Fsp3) is 0.120. The van der Waals surface area contributed by atoms with Gasteiger partial charge in [-0.1, -0.05) is 66.7 Å². The summed E-state index contributed by atoms with van der Waals surface area (Å²) in [5.74, 6) is -3.82. The van der Waals surface area contributed by atoms with Crippen LogP contribution in [0.3, 0.4) is 0 Å². The minimum absolute atomic E-state index is 0.00459. The Morgan fingerprint density at radius 1 is 0.875 bits per heavy atom. The average Bonchev–Trinajstić information content (AvgIpc) is 3.35. The summed E-state index contributed by atoms with van der Waals surface area (Å²) in [6, 6.07) is 22.7. The topological polar surface area (TPSA) is 78.8 Å². The number of Topliss-reactive ketones (excluding diaryl/α,β-unsaturated/α-hetero) is 1. The van der Waals surface area contributed by atoms with Gasteiger partial charge < -0.3 is 0 Å². The molecule has 0 aromatic heterocycles. The number of imide groups is 1. The Labute approximate surface area is 183 Å². The van der Waals surface area contributed by atoms with Crippen molar-refractivity contribution in [2.24, 2.45) is 11.0 Å². The van der Waals surface area contributed by atoms with Crippen LogP contribution in [0.2, 0.25) is 0 Å². The Balaban J connectivity index is 1.52. The van der Waals surface area contributed by atoms with Gasteiger partial charge in [0.1, 0.15) is 23.5 Å². The minimum Gasteiger partial charge on any atom is -0.296 e. The Hall–Kier alpha value is -4.13. The van der Waals surface area contributed by atoms with Crippen molar-refractivity contribution >= 4 is 29.0 Å². The van der Waals surface area contributed by atoms with E-state index >= 15 is 0 Å². The fourth-order valence-corrected chi connectivity index (χ4v) is 4.30. The maximum Gasteiger partial charge on any atom is 0.259 e. The van der Waals surface area contributed by atoms with Gasteiger partial charge in [0.25, 0.3) is 5.91 Å². The quantitative estimate of drug-likeness (QED) is 0.635. The van der Waals surface area contributed by atoms with E-state index in [0.29, 0.717) is 0 Å². The molecular weight excluding hydrogens is 409 g/mol. The molecule has 32 heavy (non-hydrogen) atoms. The molecule has 6 nitrogen and oxygen atoms in total. The molecular formula is C25H18FN3O3. The summed E-state index contributed by atoms with van der Waals surface area (Å²) in [7, 11) is 0. The smallest absolute Gasteiger partial charge is 0.259 e. The SMILES string of the molecule is O=C(C1=NN[C@H]2C(=O)N(c3cccc(F)c3)C(=O)[C@@H]12)C(c1ccccc1)c1ccccc1. The van der Waals surface area contributed by atoms with Crippen molar-refractivity contribution in [3.05, 3.63) is 102 Å². The lowest BCUT2D eigenvalue weighted by Crippen LogP contribution is -2.36. The summed E-state index contributed by atoms with van der Waals surface area (Å²) in [6.45, 7) is 0. The molecule has 1 saturated heterocycles. The number of carbonyl (C=O) groups excluding carboxylic acids is 3. The van der Waals surface area contributed by atoms with Gasteiger partial charge in [0, 0.05) is 0 Å². The first-order chi connectivity index (χ1) is 15.6. The van der Waals surface area contributed by atoms with Crippen molar-refractivity contribution in [1.82, 2.24) is 5.43 Å². The summed E-state index contributed by atoms with van der Waals surface area (Å²) >= 11 is 0. The first kappa shape index (κ1) is 19.8. The van der Waals surface area contributed by atoms with Crippen molar-refractivity contribution in [3.63, 3.8) is 0 Å². The predicted molar refractivity (Wildman–Crippen MR) is 116 cm³/mol. The third kappa shape index (κ3) is 3.19. The van der Waals surface area contributed by atoms with Crippen LogP contribution in [0.5, 0.6) is 0 Å². The number of anilines is 1. The zero-order valence-electron chi connectivity index (χ0n) is 16.8. The van der Waals surface area contributed by atoms with Gasteiger partial charge in [-0.25, -0.2) is 9.29 Å². The van der Waals surface area contributed by atoms with E-state index in [1.165, 1.54) is 18.2 Å². The highest BCUT2D eigenvalue weighted by Crippen LogP contribution is 2.34. The molecule has 5 rings (SSSR count). The molecule has 3 aromatic rings. The van der Waals surface area contributed by atoms with Gasteiger partial charge in [-0.15, -0.1) is 0 Å². The number of amides is 2. The highest BCUT2D eigenvalue weighted by Gasteiger charge is 2.56. The van der Waals surface area contributed by atoms with Crippen LogP contribution in [0.25, 0.3) is 0 Å². The fourth-order valence-electron chi connectivity index (χ4n) is 4.30. The van der Waals surface area contributed by atoms with Crippen LogP contribution < -0.4 is 10.3 Å². The third-order valence-electron chi connectivity index (χ3n) is 5.77. The van der Waals surface area contributed by atoms with E-state index in [1.54, 1.807) is 0 Å². The monoisotopic (exact) mass is 427 g/mol. The second-order valence-corrected chi connectivity index (χ2v) is 7.69. The Bertz CT molecular complexity index is 1200. The number of hydrogen-bond donors (Lipinski definition) is 1. The van der Waals surface area contributed by atoms with Crippen LogP contribution in [0.1, 0.15) is 17.0 Å². The summed E-state index contributed by atoms with van der Waals surface area (Å²) in [4.78, 5) is 40.8. The first-order valence-electron chi connectivity index (χ1n) is 10.2. The van der Waals surface area contributed by atoms with Crippen LogP contribution >= 0.6 is 0 Å². The van der Waals surface area contributed by atoms with Gasteiger partial charge >= 0.3 is 0 Å². The van der Waals surface area contributed by atoms with Gasteiger partial charge in [-0.3, -0.25) is 19.8 Å². The summed E-state index contributed by atoms with van der Waals surface area (Å²) in [5, 5.41) is 4.11. The van der Waals surface area contributed by atoms with E-state index in [2.05, 4.69) is 10.5 Å². The number of fused-ring (bicyclic) bond motifs is 1. The second kappa shape index (κ2) is 7.85. The largest absolute Gasteiger partial charge is 0.296 e. The zero-order valence-corrected chi connectivity index (χ0v) is 16.8. The number of benzene rings is 3. The molecule has 2 aliphatic heterocycles. The number of ketones is 1. The molecule has 1 N–H and O–H groups in total. The van der Waals surface area contributed by atoms with E-state index in [-0.39, 0.29) is 17.2 Å². The van der Waals surface area contributed by atoms with Gasteiger partial charge in [0.2, 0.25) is 5.91 Å². The number of rotatable bonds is 5. The molecule has 0 spiro atoms. The van der Waals surface area contributed by atoms with Crippen LogP contribution in [-0.2, 0) is 14.4 Å². The van der Waals surface area contributed by atoms with Crippen molar-refractivity contribution in [1.29, 1.82) is 0 Å². The number of nitrogens with one attached hydrogen (secondary N) is 1. The number of carbonyl (C=O) groups is 3. The molecule has 2 atom stereocenters. The maximum absolute atomic E-state index is 13.7. The van der Waals surface area contributed by atoms with E-state index in [0.717, 1.165) is 22.1 Å². The normalized spacial score (nSPS) is 19.7. The Kier molecular flexibility index (Phi) is 4.86. The molecule has 2 aliphatic rings. The summed E-state index contributed by atoms with van der Waals surface area (Å²) < 4.78 is 13.7. The van der Waals surface area contributed by atoms with Crippen molar-refractivity contribution in [2.45, 2.75) is 12.0 Å². The lowest BCUT2D eigenvalue weighted by atomic mass is 9.82. The number of hydrogen-bond acceptors (Lipinski definition) is 5. The van der Waals surface area contributed by atoms with Gasteiger partial charge in [-0.2, -0.15) is 5.10 Å². The molecule has 0 unspecified atom stereocenters. The third-order valence-corrected chi connectivity index (χ3v) is 5.77. The molecule has 2 heterocycles. The zero-order chi connectivity index (χ0) is 22.2. The Morgan fingerprint density at radius 2 is 1.50 bits per heavy atom. The maximum atomic E-state index is 13.7. The molecule has 0 aliphatic carbocycles. The van der Waals surface area contributed by atoms with E-state index in [9.17, 15) is 18.8 Å². The molecule has 1 fully saturated rings. The van der Waals surface area contributed by atoms with Gasteiger partial charge in [0.05, 0.1) is 11.6 Å². The number of hydrazone groups is 1. The predicted octanol–water partition coefficient (Wildman–Crippen LogP) is 3.04. The van der Waals surface area contributed by atoms with Crippen molar-refractivity contribution < 1.29 is 18.8 Å². The number of halogens is 1. The van der Waals surface area contributed by atoms with Crippen LogP contribution in [0, 0.1) is 11.7 Å². The average molecular weight is 427 g/mol. The second-order valence-electron chi connectivity index (χ2n) is 7.69. The Morgan fingerprint density at radius 3 is 2.09 bits per heavy atom. The van der Waals surface area contributed by atoms with Gasteiger partial charge in [0.15, 0.2) is 5.78 Å². The molecule has 158 valence electrons. The minimum atomic E-state index is -1.06. The van der Waals surface area contributed by atoms with Crippen LogP contribution in [0.4, 0.5) is 10.1 Å². The van der Waals surface area contributed by atoms with Crippen LogP contribution in [-0.4, -0.2) is 29.4 Å². The summed E-state index contributed by atoms with van der Waals surface area (Å²) in [6.07, 6.45) is 0. The highest BCUT2D eigenvalue weighted by molar-refractivity contribution is 6.50. The molecule has 0 bridgehead atoms. The van der Waals surface area contributed by atoms with Crippen molar-refractivity contribution in [3.8, 4) is 0 Å². The van der Waals surface area contributed by atoms with E-state index < -0.39 is 35.5 Å². The molecule has 7 heteroatoms. The van der Waals surface area contributed by atoms with Gasteiger partial charge in [-0.05, 0) is 29.3 Å². The molecule has 0 radical (unpaired) electrons. The molecule has 2 amide bonds. The molecule has 3 aromatic carbocycles. The van der Waals surface area contributed by atoms with E-state index in [1.807, 2.05) is 60.7 Å². The van der Waals surface area contributed by atoms with E-state index in [4.69, 9.17) is 0 Å². The first-order valence-corrected chi connectivity index (χ1v) is 10.2. The number of nitrogens with zero attached hydrogens (tertiary/aromatic N) is 2. The van der Waals surface area contributed by atoms with Crippen molar-refractivity contribution in [2.75, 3.05) is 4.90 Å². The lowest BCUT2D eigenvalue weighted by Gasteiger charge is -2.19. The lowest BCUT2D eigenvalue weighted by molar-refractivity contribution is -0.122. The summed E-state index contributed by atoms with van der Waals surface area (Å²) in [5.41, 5.74) is 4.31. The molecule has 0 saturated carbocycles.